The second-order valence-electron chi connectivity index (χ2n) is 5.95. The summed E-state index contributed by atoms with van der Waals surface area (Å²) in [6.45, 7) is 1.43. The summed E-state index contributed by atoms with van der Waals surface area (Å²) in [4.78, 5) is 13.5. The van der Waals surface area contributed by atoms with Crippen LogP contribution in [0.4, 0.5) is 5.82 Å². The van der Waals surface area contributed by atoms with Gasteiger partial charge in [-0.15, -0.1) is 0 Å². The molecule has 0 saturated heterocycles. The van der Waals surface area contributed by atoms with E-state index in [-0.39, 0.29) is 12.6 Å². The largest absolute Gasteiger partial charge is 0.394 e. The number of anilines is 1. The number of fused-ring (bicyclic) bond motifs is 1. The summed E-state index contributed by atoms with van der Waals surface area (Å²) >= 11 is 0. The summed E-state index contributed by atoms with van der Waals surface area (Å²) in [7, 11) is 0. The van der Waals surface area contributed by atoms with Crippen molar-refractivity contribution in [3.05, 3.63) is 71.7 Å². The Balaban J connectivity index is 1.72. The maximum atomic E-state index is 9.85. The summed E-state index contributed by atoms with van der Waals surface area (Å²) in [5.74, 6) is 1.43. The van der Waals surface area contributed by atoms with Crippen molar-refractivity contribution in [1.82, 2.24) is 20.3 Å². The van der Waals surface area contributed by atoms with Gasteiger partial charge in [-0.3, -0.25) is 4.98 Å². The zero-order chi connectivity index (χ0) is 17.1. The molecule has 0 fully saturated rings. The van der Waals surface area contributed by atoms with E-state index in [1.54, 1.807) is 12.4 Å². The van der Waals surface area contributed by atoms with E-state index in [1.165, 1.54) is 0 Å². The highest BCUT2D eigenvalue weighted by Gasteiger charge is 2.22. The number of hydrogen-bond acceptors (Lipinski definition) is 6. The van der Waals surface area contributed by atoms with Gasteiger partial charge in [0.1, 0.15) is 5.82 Å². The zero-order valence-corrected chi connectivity index (χ0v) is 13.7. The van der Waals surface area contributed by atoms with E-state index < -0.39 is 0 Å². The van der Waals surface area contributed by atoms with Gasteiger partial charge in [-0.2, -0.15) is 0 Å². The van der Waals surface area contributed by atoms with Crippen molar-refractivity contribution in [2.24, 2.45) is 0 Å². The molecule has 4 rings (SSSR count). The van der Waals surface area contributed by atoms with Crippen LogP contribution in [0.5, 0.6) is 0 Å². The minimum Gasteiger partial charge on any atom is -0.394 e. The molecular formula is C19H19N5O. The molecule has 3 N–H and O–H groups in total. The van der Waals surface area contributed by atoms with Crippen LogP contribution in [0.3, 0.4) is 0 Å². The van der Waals surface area contributed by atoms with Crippen molar-refractivity contribution in [2.45, 2.75) is 19.1 Å². The smallest absolute Gasteiger partial charge is 0.161 e. The Kier molecular flexibility index (Phi) is 4.37. The molecule has 2 aromatic heterocycles. The van der Waals surface area contributed by atoms with Crippen LogP contribution in [0.15, 0.2) is 54.9 Å². The number of aromatic nitrogens is 3. The van der Waals surface area contributed by atoms with Gasteiger partial charge in [0.25, 0.3) is 0 Å². The lowest BCUT2D eigenvalue weighted by molar-refractivity contribution is 0.276. The molecule has 126 valence electrons. The molecule has 0 aliphatic carbocycles. The van der Waals surface area contributed by atoms with Crippen LogP contribution in [0, 0.1) is 0 Å². The second-order valence-corrected chi connectivity index (χ2v) is 5.95. The van der Waals surface area contributed by atoms with E-state index >= 15 is 0 Å². The maximum Gasteiger partial charge on any atom is 0.161 e. The monoisotopic (exact) mass is 333 g/mol. The van der Waals surface area contributed by atoms with Gasteiger partial charge in [0.05, 0.1) is 18.3 Å². The molecule has 1 aliphatic heterocycles. The van der Waals surface area contributed by atoms with Crippen molar-refractivity contribution in [3.8, 4) is 11.4 Å². The summed E-state index contributed by atoms with van der Waals surface area (Å²) < 4.78 is 0. The quantitative estimate of drug-likeness (QED) is 0.664. The Morgan fingerprint density at radius 1 is 1.04 bits per heavy atom. The lowest BCUT2D eigenvalue weighted by Crippen LogP contribution is -2.17. The Hall–Kier alpha value is -2.83. The van der Waals surface area contributed by atoms with Crippen molar-refractivity contribution in [3.63, 3.8) is 0 Å². The highest BCUT2D eigenvalue weighted by Crippen LogP contribution is 2.28. The Bertz CT molecular complexity index is 854. The van der Waals surface area contributed by atoms with Gasteiger partial charge >= 0.3 is 0 Å². The molecular weight excluding hydrogens is 314 g/mol. The standard InChI is InChI=1S/C19H19N5O/c25-12-17(13-4-2-1-3-5-13)23-19-15-10-21-11-16(15)22-18(24-19)14-6-8-20-9-7-14/h1-9,17,21,25H,10-12H2,(H,22,23,24)/t17-/m1/s1. The fraction of sp³-hybridized carbons (Fsp3) is 0.211. The lowest BCUT2D eigenvalue weighted by atomic mass is 10.1. The topological polar surface area (TPSA) is 83.0 Å². The molecule has 1 aliphatic rings. The van der Waals surface area contributed by atoms with Gasteiger partial charge in [0, 0.05) is 36.6 Å². The average Bonchev–Trinajstić information content (AvgIpc) is 3.16. The van der Waals surface area contributed by atoms with Gasteiger partial charge in [-0.05, 0) is 17.7 Å². The van der Waals surface area contributed by atoms with Crippen LogP contribution in [-0.2, 0) is 13.1 Å². The van der Waals surface area contributed by atoms with Crippen LogP contribution in [0.1, 0.15) is 22.9 Å². The molecule has 3 heterocycles. The fourth-order valence-electron chi connectivity index (χ4n) is 3.00. The van der Waals surface area contributed by atoms with E-state index in [0.717, 1.165) is 41.3 Å². The molecule has 0 saturated carbocycles. The Morgan fingerprint density at radius 2 is 1.84 bits per heavy atom. The Morgan fingerprint density at radius 3 is 2.60 bits per heavy atom. The normalized spacial score (nSPS) is 14.1. The lowest BCUT2D eigenvalue weighted by Gasteiger charge is -2.19. The highest BCUT2D eigenvalue weighted by molar-refractivity contribution is 5.60. The van der Waals surface area contributed by atoms with Crippen molar-refractivity contribution < 1.29 is 5.11 Å². The number of nitrogens with zero attached hydrogens (tertiary/aromatic N) is 3. The van der Waals surface area contributed by atoms with E-state index in [2.05, 4.69) is 20.6 Å². The van der Waals surface area contributed by atoms with Crippen molar-refractivity contribution in [2.75, 3.05) is 11.9 Å². The number of benzene rings is 1. The first-order valence-electron chi connectivity index (χ1n) is 8.28. The third-order valence-corrected chi connectivity index (χ3v) is 4.32. The predicted octanol–water partition coefficient (Wildman–Crippen LogP) is 2.29. The van der Waals surface area contributed by atoms with Gasteiger partial charge in [0.2, 0.25) is 0 Å². The molecule has 0 unspecified atom stereocenters. The average molecular weight is 333 g/mol. The number of aliphatic hydroxyl groups is 1. The van der Waals surface area contributed by atoms with Crippen LogP contribution in [-0.4, -0.2) is 26.7 Å². The number of nitrogens with one attached hydrogen (secondary N) is 2. The predicted molar refractivity (Wildman–Crippen MR) is 95.7 cm³/mol. The highest BCUT2D eigenvalue weighted by atomic mass is 16.3. The van der Waals surface area contributed by atoms with Crippen LogP contribution < -0.4 is 10.6 Å². The summed E-state index contributed by atoms with van der Waals surface area (Å²) in [5, 5.41) is 16.6. The summed E-state index contributed by atoms with van der Waals surface area (Å²) in [6, 6.07) is 13.5. The molecule has 6 nitrogen and oxygen atoms in total. The maximum absolute atomic E-state index is 9.85. The molecule has 1 atom stereocenters. The molecule has 3 aromatic rings. The first kappa shape index (κ1) is 15.7. The van der Waals surface area contributed by atoms with Crippen LogP contribution in [0.2, 0.25) is 0 Å². The third kappa shape index (κ3) is 3.22. The Labute approximate surface area is 146 Å². The number of hydrogen-bond donors (Lipinski definition) is 3. The first-order chi connectivity index (χ1) is 12.3. The molecule has 1 aromatic carbocycles. The van der Waals surface area contributed by atoms with Gasteiger partial charge in [-0.25, -0.2) is 9.97 Å². The van der Waals surface area contributed by atoms with Crippen molar-refractivity contribution >= 4 is 5.82 Å². The molecule has 0 bridgehead atoms. The first-order valence-corrected chi connectivity index (χ1v) is 8.28. The molecule has 0 amide bonds. The minimum absolute atomic E-state index is 0.0131. The molecule has 6 heteroatoms. The minimum atomic E-state index is -0.217. The van der Waals surface area contributed by atoms with Crippen molar-refractivity contribution in [1.29, 1.82) is 0 Å². The zero-order valence-electron chi connectivity index (χ0n) is 13.7. The van der Waals surface area contributed by atoms with E-state index in [9.17, 15) is 5.11 Å². The van der Waals surface area contributed by atoms with Gasteiger partial charge in [-0.1, -0.05) is 30.3 Å². The van der Waals surface area contributed by atoms with E-state index in [0.29, 0.717) is 5.82 Å². The number of aliphatic hydroxyl groups excluding tert-OH is 1. The van der Waals surface area contributed by atoms with Crippen LogP contribution >= 0.6 is 0 Å². The van der Waals surface area contributed by atoms with E-state index in [4.69, 9.17) is 4.98 Å². The molecule has 0 spiro atoms. The SMILES string of the molecule is OC[C@@H](Nc1nc(-c2ccncc2)nc2c1CNC2)c1ccccc1. The molecule has 0 radical (unpaired) electrons. The summed E-state index contributed by atoms with van der Waals surface area (Å²) in [6.07, 6.45) is 3.47. The van der Waals surface area contributed by atoms with Gasteiger partial charge in [0.15, 0.2) is 5.82 Å². The van der Waals surface area contributed by atoms with Crippen LogP contribution in [0.25, 0.3) is 11.4 Å². The third-order valence-electron chi connectivity index (χ3n) is 4.32. The number of rotatable bonds is 5. The summed E-state index contributed by atoms with van der Waals surface area (Å²) in [5.41, 5.74) is 4.00. The second kappa shape index (κ2) is 6.96. The van der Waals surface area contributed by atoms with Gasteiger partial charge < -0.3 is 15.7 Å². The molecule has 25 heavy (non-hydrogen) atoms. The van der Waals surface area contributed by atoms with E-state index in [1.807, 2.05) is 42.5 Å². The fourth-order valence-corrected chi connectivity index (χ4v) is 3.00. The number of pyridine rings is 1.